The molecule has 3 rings (SSSR count). The van der Waals surface area contributed by atoms with Crippen molar-refractivity contribution in [3.05, 3.63) is 12.2 Å². The molecule has 0 radical (unpaired) electrons. The molecular weight excluding hydrogens is 345 g/mol. The van der Waals surface area contributed by atoms with Gasteiger partial charge in [-0.1, -0.05) is 31.9 Å². The van der Waals surface area contributed by atoms with Crippen LogP contribution in [0, 0.1) is 46.8 Å². The highest BCUT2D eigenvalue weighted by molar-refractivity contribution is 4.91. The van der Waals surface area contributed by atoms with Crippen LogP contribution in [-0.2, 0) is 0 Å². The first kappa shape index (κ1) is 21.9. The van der Waals surface area contributed by atoms with Crippen LogP contribution in [0.25, 0.3) is 0 Å². The van der Waals surface area contributed by atoms with Crippen molar-refractivity contribution in [2.24, 2.45) is 35.5 Å². The third-order valence-electron chi connectivity index (χ3n) is 8.47. The molecular formula is C26H42FN. The summed E-state index contributed by atoms with van der Waals surface area (Å²) in [6.07, 6.45) is 22.5. The van der Waals surface area contributed by atoms with Gasteiger partial charge in [-0.3, -0.25) is 0 Å². The molecule has 1 atom stereocenters. The largest absolute Gasteiger partial charge is 0.243 e. The molecule has 3 aliphatic rings. The van der Waals surface area contributed by atoms with Gasteiger partial charge >= 0.3 is 0 Å². The summed E-state index contributed by atoms with van der Waals surface area (Å²) in [6.45, 7) is 1.91. The Bertz CT molecular complexity index is 497. The van der Waals surface area contributed by atoms with Crippen LogP contribution in [0.4, 0.5) is 4.39 Å². The molecule has 3 aliphatic carbocycles. The minimum absolute atomic E-state index is 0.350. The molecule has 28 heavy (non-hydrogen) atoms. The lowest BCUT2D eigenvalue weighted by Crippen LogP contribution is -2.29. The Morgan fingerprint density at radius 2 is 1.29 bits per heavy atom. The standard InChI is InChI=1S/C26H42FN/c1-2-26(27)6-4-3-5-20-7-11-22(12-8-20)24-15-17-25(18-16-24)23-13-9-21(19-28)10-14-23/h4,6,20-26H,2-3,5,7-18H2,1H3/b6-4+/t20-,21?,22-,23?,24?,25?,26?. The highest BCUT2D eigenvalue weighted by Crippen LogP contribution is 2.46. The molecule has 0 aromatic rings. The van der Waals surface area contributed by atoms with E-state index in [1.807, 2.05) is 6.92 Å². The van der Waals surface area contributed by atoms with Crippen molar-refractivity contribution in [2.45, 2.75) is 109 Å². The Morgan fingerprint density at radius 3 is 1.75 bits per heavy atom. The maximum Gasteiger partial charge on any atom is 0.118 e. The smallest absolute Gasteiger partial charge is 0.118 e. The summed E-state index contributed by atoms with van der Waals surface area (Å²) >= 11 is 0. The van der Waals surface area contributed by atoms with E-state index in [0.717, 1.165) is 48.9 Å². The molecule has 1 unspecified atom stereocenters. The van der Waals surface area contributed by atoms with Crippen molar-refractivity contribution >= 4 is 0 Å². The number of allylic oxidation sites excluding steroid dienone is 2. The molecule has 0 bridgehead atoms. The van der Waals surface area contributed by atoms with Crippen LogP contribution in [0.2, 0.25) is 0 Å². The molecule has 0 aromatic carbocycles. The monoisotopic (exact) mass is 387 g/mol. The van der Waals surface area contributed by atoms with Gasteiger partial charge in [0.1, 0.15) is 6.17 Å². The first-order chi connectivity index (χ1) is 13.7. The zero-order chi connectivity index (χ0) is 19.8. The third-order valence-corrected chi connectivity index (χ3v) is 8.47. The number of hydrogen-bond acceptors (Lipinski definition) is 1. The molecule has 158 valence electrons. The lowest BCUT2D eigenvalue weighted by atomic mass is 9.65. The summed E-state index contributed by atoms with van der Waals surface area (Å²) in [5, 5.41) is 9.11. The van der Waals surface area contributed by atoms with Gasteiger partial charge in [0.05, 0.1) is 6.07 Å². The quantitative estimate of drug-likeness (QED) is 0.406. The van der Waals surface area contributed by atoms with Crippen molar-refractivity contribution in [1.82, 2.24) is 0 Å². The van der Waals surface area contributed by atoms with Crippen LogP contribution in [0.1, 0.15) is 103 Å². The van der Waals surface area contributed by atoms with Crippen LogP contribution in [0.3, 0.4) is 0 Å². The first-order valence-corrected chi connectivity index (χ1v) is 12.4. The number of halogens is 1. The maximum absolute atomic E-state index is 13.2. The normalized spacial score (nSPS) is 38.2. The Balaban J connectivity index is 1.31. The van der Waals surface area contributed by atoms with Gasteiger partial charge in [-0.15, -0.1) is 0 Å². The first-order valence-electron chi connectivity index (χ1n) is 12.4. The second-order valence-corrected chi connectivity index (χ2v) is 10.1. The van der Waals surface area contributed by atoms with Gasteiger partial charge < -0.3 is 0 Å². The number of nitrogens with zero attached hydrogens (tertiary/aromatic N) is 1. The second-order valence-electron chi connectivity index (χ2n) is 10.1. The molecule has 1 nitrogen and oxygen atoms in total. The summed E-state index contributed by atoms with van der Waals surface area (Å²) in [5.41, 5.74) is 0. The minimum atomic E-state index is -0.743. The fourth-order valence-electron chi connectivity index (χ4n) is 6.47. The van der Waals surface area contributed by atoms with Crippen LogP contribution < -0.4 is 0 Å². The van der Waals surface area contributed by atoms with E-state index in [-0.39, 0.29) is 0 Å². The molecule has 0 aromatic heterocycles. The molecule has 2 heteroatoms. The molecule has 0 heterocycles. The summed E-state index contributed by atoms with van der Waals surface area (Å²) < 4.78 is 13.2. The van der Waals surface area contributed by atoms with E-state index in [1.165, 1.54) is 70.6 Å². The van der Waals surface area contributed by atoms with Crippen molar-refractivity contribution in [3.8, 4) is 6.07 Å². The Kier molecular flexibility index (Phi) is 8.88. The van der Waals surface area contributed by atoms with E-state index >= 15 is 0 Å². The van der Waals surface area contributed by atoms with E-state index in [0.29, 0.717) is 12.3 Å². The number of rotatable bonds is 7. The van der Waals surface area contributed by atoms with Gasteiger partial charge in [-0.2, -0.15) is 5.26 Å². The summed E-state index contributed by atoms with van der Waals surface area (Å²) in [6, 6.07) is 2.48. The topological polar surface area (TPSA) is 23.8 Å². The molecule has 0 N–H and O–H groups in total. The number of hydrogen-bond donors (Lipinski definition) is 0. The fourth-order valence-corrected chi connectivity index (χ4v) is 6.47. The fraction of sp³-hybridized carbons (Fsp3) is 0.885. The summed E-state index contributed by atoms with van der Waals surface area (Å²) in [7, 11) is 0. The van der Waals surface area contributed by atoms with E-state index in [1.54, 1.807) is 6.08 Å². The van der Waals surface area contributed by atoms with Crippen molar-refractivity contribution in [3.63, 3.8) is 0 Å². The zero-order valence-corrected chi connectivity index (χ0v) is 18.1. The molecule has 0 spiro atoms. The average molecular weight is 388 g/mol. The number of alkyl halides is 1. The van der Waals surface area contributed by atoms with Gasteiger partial charge in [0.2, 0.25) is 0 Å². The highest BCUT2D eigenvalue weighted by atomic mass is 19.1. The molecule has 3 saturated carbocycles. The van der Waals surface area contributed by atoms with Gasteiger partial charge in [-0.25, -0.2) is 4.39 Å². The van der Waals surface area contributed by atoms with Crippen LogP contribution in [0.5, 0.6) is 0 Å². The zero-order valence-electron chi connectivity index (χ0n) is 18.1. The third kappa shape index (κ3) is 6.33. The highest BCUT2D eigenvalue weighted by Gasteiger charge is 2.34. The SMILES string of the molecule is CCC(F)/C=C/CC[C@H]1CC[C@H](C2CCC(C3CCC(C#N)CC3)CC2)CC1. The van der Waals surface area contributed by atoms with E-state index < -0.39 is 6.17 Å². The molecule has 3 fully saturated rings. The molecule has 0 aliphatic heterocycles. The lowest BCUT2D eigenvalue weighted by molar-refractivity contribution is 0.108. The summed E-state index contributed by atoms with van der Waals surface area (Å²) in [4.78, 5) is 0. The van der Waals surface area contributed by atoms with Gasteiger partial charge in [0, 0.05) is 5.92 Å². The maximum atomic E-state index is 13.2. The van der Waals surface area contributed by atoms with Crippen LogP contribution in [0.15, 0.2) is 12.2 Å². The van der Waals surface area contributed by atoms with E-state index in [9.17, 15) is 4.39 Å². The number of nitriles is 1. The predicted octanol–water partition coefficient (Wildman–Crippen LogP) is 8.01. The van der Waals surface area contributed by atoms with Crippen LogP contribution in [-0.4, -0.2) is 6.17 Å². The Hall–Kier alpha value is -0.840. The van der Waals surface area contributed by atoms with Gasteiger partial charge in [-0.05, 0) is 113 Å². The second kappa shape index (κ2) is 11.4. The average Bonchev–Trinajstić information content (AvgIpc) is 2.77. The Labute approximate surface area is 173 Å². The van der Waals surface area contributed by atoms with Crippen molar-refractivity contribution in [2.75, 3.05) is 0 Å². The van der Waals surface area contributed by atoms with E-state index in [4.69, 9.17) is 5.26 Å². The van der Waals surface area contributed by atoms with Crippen molar-refractivity contribution in [1.29, 1.82) is 5.26 Å². The minimum Gasteiger partial charge on any atom is -0.243 e. The van der Waals surface area contributed by atoms with Crippen molar-refractivity contribution < 1.29 is 4.39 Å². The predicted molar refractivity (Wildman–Crippen MR) is 116 cm³/mol. The lowest BCUT2D eigenvalue weighted by Gasteiger charge is -2.41. The van der Waals surface area contributed by atoms with E-state index in [2.05, 4.69) is 12.1 Å². The summed E-state index contributed by atoms with van der Waals surface area (Å²) in [5.74, 6) is 5.09. The van der Waals surface area contributed by atoms with Gasteiger partial charge in [0.15, 0.2) is 0 Å². The molecule has 0 amide bonds. The molecule has 0 saturated heterocycles. The van der Waals surface area contributed by atoms with Crippen LogP contribution >= 0.6 is 0 Å². The Morgan fingerprint density at radius 1 is 0.821 bits per heavy atom. The van der Waals surface area contributed by atoms with Gasteiger partial charge in [0.25, 0.3) is 0 Å².